The van der Waals surface area contributed by atoms with Gasteiger partial charge in [0, 0.05) is 55.9 Å². The molecule has 0 bridgehead atoms. The average molecular weight is 393 g/mol. The second kappa shape index (κ2) is 10.5. The fourth-order valence-electron chi connectivity index (χ4n) is 3.16. The lowest BCUT2D eigenvalue weighted by molar-refractivity contribution is -0.111. The lowest BCUT2D eigenvalue weighted by atomic mass is 10.0. The SMILES string of the molecule is N/C=C(\CN)c1ccncc1/C=C/C(=O)Nc1ccc(CN2CCOCC2)cc1. The van der Waals surface area contributed by atoms with Gasteiger partial charge in [0.05, 0.1) is 13.2 Å². The molecular weight excluding hydrogens is 366 g/mol. The Morgan fingerprint density at radius 1 is 1.21 bits per heavy atom. The third-order valence-electron chi connectivity index (χ3n) is 4.76. The molecule has 7 nitrogen and oxygen atoms in total. The molecule has 1 aromatic heterocycles. The summed E-state index contributed by atoms with van der Waals surface area (Å²) in [5.74, 6) is -0.216. The highest BCUT2D eigenvalue weighted by Gasteiger charge is 2.10. The second-order valence-electron chi connectivity index (χ2n) is 6.77. The summed E-state index contributed by atoms with van der Waals surface area (Å²) in [4.78, 5) is 18.8. The number of hydrogen-bond acceptors (Lipinski definition) is 6. The fraction of sp³-hybridized carbons (Fsp3) is 0.273. The van der Waals surface area contributed by atoms with E-state index in [0.717, 1.165) is 55.2 Å². The molecule has 1 aliphatic heterocycles. The minimum atomic E-state index is -0.216. The number of carbonyl (C=O) groups excluding carboxylic acids is 1. The van der Waals surface area contributed by atoms with Gasteiger partial charge in [-0.05, 0) is 47.2 Å². The molecule has 0 atom stereocenters. The van der Waals surface area contributed by atoms with Crippen LogP contribution in [0.4, 0.5) is 5.69 Å². The molecule has 1 fully saturated rings. The molecule has 1 aromatic carbocycles. The molecule has 5 N–H and O–H groups in total. The summed E-state index contributed by atoms with van der Waals surface area (Å²) in [6.45, 7) is 4.67. The number of pyridine rings is 1. The highest BCUT2D eigenvalue weighted by atomic mass is 16.5. The lowest BCUT2D eigenvalue weighted by Gasteiger charge is -2.26. The molecule has 1 aliphatic rings. The minimum absolute atomic E-state index is 0.216. The lowest BCUT2D eigenvalue weighted by Crippen LogP contribution is -2.35. The van der Waals surface area contributed by atoms with E-state index in [0.29, 0.717) is 6.54 Å². The molecule has 2 heterocycles. The van der Waals surface area contributed by atoms with Gasteiger partial charge in [0.1, 0.15) is 0 Å². The fourth-order valence-corrected chi connectivity index (χ4v) is 3.16. The first-order chi connectivity index (χ1) is 14.2. The predicted molar refractivity (Wildman–Crippen MR) is 116 cm³/mol. The Kier molecular flexibility index (Phi) is 7.52. The summed E-state index contributed by atoms with van der Waals surface area (Å²) in [6.07, 6.45) is 8.02. The first-order valence-corrected chi connectivity index (χ1v) is 9.63. The maximum Gasteiger partial charge on any atom is 0.248 e. The number of benzene rings is 1. The summed E-state index contributed by atoms with van der Waals surface area (Å²) in [5, 5.41) is 2.88. The number of ether oxygens (including phenoxy) is 1. The molecule has 0 spiro atoms. The second-order valence-corrected chi connectivity index (χ2v) is 6.77. The first kappa shape index (κ1) is 20.7. The van der Waals surface area contributed by atoms with Crippen molar-refractivity contribution in [3.8, 4) is 0 Å². The van der Waals surface area contributed by atoms with Crippen molar-refractivity contribution in [1.82, 2.24) is 9.88 Å². The van der Waals surface area contributed by atoms with Crippen molar-refractivity contribution in [2.75, 3.05) is 38.2 Å². The quantitative estimate of drug-likeness (QED) is 0.620. The largest absolute Gasteiger partial charge is 0.404 e. The normalized spacial score (nSPS) is 15.6. The molecule has 0 radical (unpaired) electrons. The van der Waals surface area contributed by atoms with Gasteiger partial charge in [-0.25, -0.2) is 0 Å². The number of nitrogens with zero attached hydrogens (tertiary/aromatic N) is 2. The van der Waals surface area contributed by atoms with E-state index in [4.69, 9.17) is 16.2 Å². The molecular formula is C22H27N5O2. The van der Waals surface area contributed by atoms with Gasteiger partial charge in [-0.3, -0.25) is 14.7 Å². The molecule has 7 heteroatoms. The maximum atomic E-state index is 12.3. The number of aromatic nitrogens is 1. The average Bonchev–Trinajstić information content (AvgIpc) is 2.76. The van der Waals surface area contributed by atoms with Crippen LogP contribution >= 0.6 is 0 Å². The number of morpholine rings is 1. The van der Waals surface area contributed by atoms with Crippen molar-refractivity contribution in [2.24, 2.45) is 11.5 Å². The number of anilines is 1. The molecule has 2 aromatic rings. The molecule has 3 rings (SSSR count). The van der Waals surface area contributed by atoms with Crippen LogP contribution in [0.3, 0.4) is 0 Å². The van der Waals surface area contributed by atoms with E-state index in [1.165, 1.54) is 17.8 Å². The van der Waals surface area contributed by atoms with Crippen molar-refractivity contribution >= 4 is 23.2 Å². The van der Waals surface area contributed by atoms with Gasteiger partial charge in [-0.15, -0.1) is 0 Å². The molecule has 0 saturated carbocycles. The van der Waals surface area contributed by atoms with Crippen molar-refractivity contribution in [3.63, 3.8) is 0 Å². The summed E-state index contributed by atoms with van der Waals surface area (Å²) < 4.78 is 5.37. The van der Waals surface area contributed by atoms with Crippen LogP contribution in [0.25, 0.3) is 11.6 Å². The van der Waals surface area contributed by atoms with Crippen molar-refractivity contribution < 1.29 is 9.53 Å². The number of hydrogen-bond donors (Lipinski definition) is 3. The van der Waals surface area contributed by atoms with Crippen LogP contribution in [0.1, 0.15) is 16.7 Å². The molecule has 1 saturated heterocycles. The first-order valence-electron chi connectivity index (χ1n) is 9.63. The third-order valence-corrected chi connectivity index (χ3v) is 4.76. The summed E-state index contributed by atoms with van der Waals surface area (Å²) in [5.41, 5.74) is 15.8. The molecule has 1 amide bonds. The Morgan fingerprint density at radius 3 is 2.66 bits per heavy atom. The highest BCUT2D eigenvalue weighted by Crippen LogP contribution is 2.18. The monoisotopic (exact) mass is 393 g/mol. The number of carbonyl (C=O) groups is 1. The van der Waals surface area contributed by atoms with Crippen LogP contribution < -0.4 is 16.8 Å². The van der Waals surface area contributed by atoms with E-state index in [-0.39, 0.29) is 5.91 Å². The van der Waals surface area contributed by atoms with Gasteiger partial charge < -0.3 is 21.5 Å². The third kappa shape index (κ3) is 5.99. The zero-order valence-electron chi connectivity index (χ0n) is 16.4. The Hall–Kier alpha value is -3.00. The van der Waals surface area contributed by atoms with Gasteiger partial charge in [-0.1, -0.05) is 12.1 Å². The van der Waals surface area contributed by atoms with Gasteiger partial charge >= 0.3 is 0 Å². The van der Waals surface area contributed by atoms with Crippen LogP contribution in [0, 0.1) is 0 Å². The summed E-state index contributed by atoms with van der Waals surface area (Å²) in [6, 6.07) is 9.74. The zero-order valence-corrected chi connectivity index (χ0v) is 16.4. The summed E-state index contributed by atoms with van der Waals surface area (Å²) >= 11 is 0. The smallest absolute Gasteiger partial charge is 0.248 e. The zero-order chi connectivity index (χ0) is 20.5. The predicted octanol–water partition coefficient (Wildman–Crippen LogP) is 1.82. The van der Waals surface area contributed by atoms with Crippen molar-refractivity contribution in [3.05, 3.63) is 71.7 Å². The number of nitrogens with two attached hydrogens (primary N) is 2. The van der Waals surface area contributed by atoms with Crippen LogP contribution in [-0.4, -0.2) is 48.6 Å². The van der Waals surface area contributed by atoms with E-state index in [1.54, 1.807) is 18.5 Å². The van der Waals surface area contributed by atoms with Gasteiger partial charge in [-0.2, -0.15) is 0 Å². The van der Waals surface area contributed by atoms with E-state index in [1.807, 2.05) is 30.3 Å². The van der Waals surface area contributed by atoms with Gasteiger partial charge in [0.15, 0.2) is 0 Å². The van der Waals surface area contributed by atoms with E-state index < -0.39 is 0 Å². The van der Waals surface area contributed by atoms with Gasteiger partial charge in [0.2, 0.25) is 5.91 Å². The van der Waals surface area contributed by atoms with Crippen LogP contribution in [-0.2, 0) is 16.1 Å². The van der Waals surface area contributed by atoms with Crippen LogP contribution in [0.2, 0.25) is 0 Å². The van der Waals surface area contributed by atoms with Crippen molar-refractivity contribution in [1.29, 1.82) is 0 Å². The number of rotatable bonds is 7. The Morgan fingerprint density at radius 2 is 1.97 bits per heavy atom. The van der Waals surface area contributed by atoms with Crippen LogP contribution in [0.5, 0.6) is 0 Å². The van der Waals surface area contributed by atoms with E-state index in [9.17, 15) is 4.79 Å². The Labute approximate surface area is 171 Å². The van der Waals surface area contributed by atoms with Gasteiger partial charge in [0.25, 0.3) is 0 Å². The molecule has 29 heavy (non-hydrogen) atoms. The molecule has 0 unspecified atom stereocenters. The standard InChI is InChI=1S/C22H27N5O2/c23-13-19(14-24)21-7-8-25-15-18(21)3-6-22(28)26-20-4-1-17(2-5-20)16-27-9-11-29-12-10-27/h1-8,13,15H,9-12,14,16,23-24H2,(H,26,28)/b6-3+,19-13+. The van der Waals surface area contributed by atoms with E-state index >= 15 is 0 Å². The number of amides is 1. The Bertz CT molecular complexity index is 871. The molecule has 0 aliphatic carbocycles. The van der Waals surface area contributed by atoms with Crippen molar-refractivity contribution in [2.45, 2.75) is 6.54 Å². The highest BCUT2D eigenvalue weighted by molar-refractivity contribution is 6.02. The molecule has 152 valence electrons. The topological polar surface area (TPSA) is 106 Å². The van der Waals surface area contributed by atoms with Crippen LogP contribution in [0.15, 0.2) is 55.0 Å². The summed E-state index contributed by atoms with van der Waals surface area (Å²) in [7, 11) is 0. The maximum absolute atomic E-state index is 12.3. The number of nitrogens with one attached hydrogen (secondary N) is 1. The minimum Gasteiger partial charge on any atom is -0.404 e. The Balaban J connectivity index is 1.59. The van der Waals surface area contributed by atoms with E-state index in [2.05, 4.69) is 15.2 Å².